The van der Waals surface area contributed by atoms with E-state index in [0.29, 0.717) is 11.4 Å². The number of amides is 2. The topological polar surface area (TPSA) is 79.5 Å². The highest BCUT2D eigenvalue weighted by atomic mass is 32.2. The van der Waals surface area contributed by atoms with Crippen LogP contribution in [0.2, 0.25) is 0 Å². The summed E-state index contributed by atoms with van der Waals surface area (Å²) < 4.78 is 21.8. The van der Waals surface area contributed by atoms with Crippen molar-refractivity contribution in [3.63, 3.8) is 0 Å². The van der Waals surface area contributed by atoms with E-state index in [4.69, 9.17) is 4.74 Å². The molecule has 0 saturated heterocycles. The number of hydrogen-bond donors (Lipinski definition) is 3. The number of nitrogens with one attached hydrogen (secondary N) is 3. The maximum Gasteiger partial charge on any atom is 0.251 e. The third kappa shape index (κ3) is 7.06. The Labute approximate surface area is 197 Å². The van der Waals surface area contributed by atoms with Crippen LogP contribution < -0.4 is 20.1 Å². The number of ether oxygens (including phenoxy) is 1. The summed E-state index contributed by atoms with van der Waals surface area (Å²) >= 11 is 1.47. The molecule has 33 heavy (non-hydrogen) atoms. The lowest BCUT2D eigenvalue weighted by Crippen LogP contribution is -2.45. The van der Waals surface area contributed by atoms with E-state index in [1.807, 2.05) is 49.4 Å². The highest BCUT2D eigenvalue weighted by Gasteiger charge is 2.23. The quantitative estimate of drug-likeness (QED) is 0.385. The van der Waals surface area contributed by atoms with Crippen molar-refractivity contribution in [2.24, 2.45) is 0 Å². The predicted molar refractivity (Wildman–Crippen MR) is 129 cm³/mol. The van der Waals surface area contributed by atoms with Crippen molar-refractivity contribution in [1.29, 1.82) is 0 Å². The van der Waals surface area contributed by atoms with Crippen LogP contribution in [0.3, 0.4) is 0 Å². The van der Waals surface area contributed by atoms with Gasteiger partial charge in [0.2, 0.25) is 5.91 Å². The number of anilines is 1. The van der Waals surface area contributed by atoms with Crippen molar-refractivity contribution in [3.05, 3.63) is 89.7 Å². The van der Waals surface area contributed by atoms with Gasteiger partial charge in [-0.15, -0.1) is 0 Å². The van der Waals surface area contributed by atoms with E-state index in [9.17, 15) is 14.0 Å². The number of carbonyl (C=O) groups is 2. The monoisotopic (exact) mass is 467 g/mol. The molecule has 3 rings (SSSR count). The molecule has 0 saturated carbocycles. The number of carbonyl (C=O) groups excluding carboxylic acids is 2. The van der Waals surface area contributed by atoms with Crippen LogP contribution in [-0.2, 0) is 11.2 Å². The molecular formula is C25H26FN3O3S. The number of rotatable bonds is 10. The number of benzene rings is 3. The first kappa shape index (κ1) is 24.3. The average Bonchev–Trinajstić information content (AvgIpc) is 2.83. The molecule has 0 aliphatic rings. The SMILES string of the molecule is CCNSc1ccc(NC(=O)C(Cc2ccccc2)NC(=O)c2ccc(F)cc2)c(OC)c1. The van der Waals surface area contributed by atoms with Crippen LogP contribution in [0.4, 0.5) is 10.1 Å². The third-order valence-corrected chi connectivity index (χ3v) is 5.70. The molecule has 0 fully saturated rings. The van der Waals surface area contributed by atoms with E-state index in [1.165, 1.54) is 43.3 Å². The number of hydrogen-bond acceptors (Lipinski definition) is 5. The van der Waals surface area contributed by atoms with Crippen LogP contribution in [0.25, 0.3) is 0 Å². The van der Waals surface area contributed by atoms with Crippen molar-refractivity contribution >= 4 is 29.4 Å². The Bertz CT molecular complexity index is 1080. The number of methoxy groups -OCH3 is 1. The minimum absolute atomic E-state index is 0.268. The Morgan fingerprint density at radius 1 is 1.03 bits per heavy atom. The first-order valence-electron chi connectivity index (χ1n) is 10.5. The molecule has 0 bridgehead atoms. The maximum absolute atomic E-state index is 13.2. The van der Waals surface area contributed by atoms with Gasteiger partial charge in [0.25, 0.3) is 5.91 Å². The van der Waals surface area contributed by atoms with Gasteiger partial charge in [-0.2, -0.15) is 0 Å². The van der Waals surface area contributed by atoms with E-state index in [0.717, 1.165) is 17.0 Å². The minimum Gasteiger partial charge on any atom is -0.495 e. The van der Waals surface area contributed by atoms with Crippen molar-refractivity contribution in [3.8, 4) is 5.75 Å². The van der Waals surface area contributed by atoms with E-state index in [2.05, 4.69) is 15.4 Å². The number of halogens is 1. The molecule has 0 aromatic heterocycles. The van der Waals surface area contributed by atoms with Gasteiger partial charge < -0.3 is 15.4 Å². The molecule has 0 aliphatic carbocycles. The van der Waals surface area contributed by atoms with Gasteiger partial charge in [-0.05, 0) is 60.0 Å². The highest BCUT2D eigenvalue weighted by Crippen LogP contribution is 2.29. The zero-order valence-corrected chi connectivity index (χ0v) is 19.2. The van der Waals surface area contributed by atoms with E-state index < -0.39 is 17.8 Å². The van der Waals surface area contributed by atoms with Crippen LogP contribution in [0.5, 0.6) is 5.75 Å². The van der Waals surface area contributed by atoms with Crippen LogP contribution in [-0.4, -0.2) is 31.5 Å². The lowest BCUT2D eigenvalue weighted by Gasteiger charge is -2.20. The Morgan fingerprint density at radius 3 is 2.42 bits per heavy atom. The standard InChI is InChI=1S/C25H26FN3O3S/c1-3-27-33-20-13-14-21(23(16-20)32-2)28-25(31)22(15-17-7-5-4-6-8-17)29-24(30)18-9-11-19(26)12-10-18/h4-14,16,22,27H,3,15H2,1-2H3,(H,28,31)(H,29,30). The van der Waals surface area contributed by atoms with Crippen LogP contribution in [0, 0.1) is 5.82 Å². The maximum atomic E-state index is 13.2. The molecule has 8 heteroatoms. The lowest BCUT2D eigenvalue weighted by molar-refractivity contribution is -0.118. The summed E-state index contributed by atoms with van der Waals surface area (Å²) in [5.41, 5.74) is 1.66. The van der Waals surface area contributed by atoms with Gasteiger partial charge in [-0.3, -0.25) is 14.3 Å². The summed E-state index contributed by atoms with van der Waals surface area (Å²) in [6.45, 7) is 2.81. The van der Waals surface area contributed by atoms with Crippen LogP contribution >= 0.6 is 11.9 Å². The summed E-state index contributed by atoms with van der Waals surface area (Å²) in [4.78, 5) is 26.9. The summed E-state index contributed by atoms with van der Waals surface area (Å²) in [6, 6.07) is 19.2. The second-order valence-corrected chi connectivity index (χ2v) is 8.14. The van der Waals surface area contributed by atoms with Crippen LogP contribution in [0.15, 0.2) is 77.7 Å². The fraction of sp³-hybridized carbons (Fsp3) is 0.200. The minimum atomic E-state index is -0.856. The molecule has 2 amide bonds. The van der Waals surface area contributed by atoms with Gasteiger partial charge >= 0.3 is 0 Å². The fourth-order valence-corrected chi connectivity index (χ4v) is 3.73. The van der Waals surface area contributed by atoms with Crippen molar-refractivity contribution in [2.45, 2.75) is 24.3 Å². The summed E-state index contributed by atoms with van der Waals surface area (Å²) in [5, 5.41) is 5.63. The predicted octanol–water partition coefficient (Wildman–Crippen LogP) is 4.43. The fourth-order valence-electron chi connectivity index (χ4n) is 3.12. The van der Waals surface area contributed by atoms with Crippen molar-refractivity contribution < 1.29 is 18.7 Å². The molecule has 3 N–H and O–H groups in total. The van der Waals surface area contributed by atoms with E-state index >= 15 is 0 Å². The van der Waals surface area contributed by atoms with Gasteiger partial charge in [0.15, 0.2) is 0 Å². The van der Waals surface area contributed by atoms with E-state index in [1.54, 1.807) is 6.07 Å². The molecule has 3 aromatic rings. The summed E-state index contributed by atoms with van der Waals surface area (Å²) in [6.07, 6.45) is 0.288. The average molecular weight is 468 g/mol. The molecule has 0 aliphatic heterocycles. The Kier molecular flexibility index (Phi) is 8.86. The third-order valence-electron chi connectivity index (χ3n) is 4.78. The molecule has 0 radical (unpaired) electrons. The van der Waals surface area contributed by atoms with Crippen molar-refractivity contribution in [2.75, 3.05) is 19.0 Å². The van der Waals surface area contributed by atoms with Crippen LogP contribution in [0.1, 0.15) is 22.8 Å². The Morgan fingerprint density at radius 2 is 1.76 bits per heavy atom. The highest BCUT2D eigenvalue weighted by molar-refractivity contribution is 7.97. The smallest absolute Gasteiger partial charge is 0.251 e. The van der Waals surface area contributed by atoms with Gasteiger partial charge in [0.1, 0.15) is 17.6 Å². The van der Waals surface area contributed by atoms with E-state index in [-0.39, 0.29) is 17.9 Å². The zero-order chi connectivity index (χ0) is 23.6. The van der Waals surface area contributed by atoms with Gasteiger partial charge in [-0.1, -0.05) is 37.3 Å². The second-order valence-electron chi connectivity index (χ2n) is 7.17. The molecule has 0 heterocycles. The first-order valence-corrected chi connectivity index (χ1v) is 11.3. The molecule has 172 valence electrons. The first-order chi connectivity index (χ1) is 16.0. The lowest BCUT2D eigenvalue weighted by atomic mass is 10.0. The van der Waals surface area contributed by atoms with Crippen molar-refractivity contribution in [1.82, 2.24) is 10.0 Å². The Balaban J connectivity index is 1.79. The zero-order valence-electron chi connectivity index (χ0n) is 18.4. The molecule has 0 spiro atoms. The second kappa shape index (κ2) is 12.0. The van der Waals surface area contributed by atoms with Gasteiger partial charge in [0.05, 0.1) is 12.8 Å². The summed E-state index contributed by atoms with van der Waals surface area (Å²) in [5.74, 6) is -0.780. The van der Waals surface area contributed by atoms with Gasteiger partial charge in [0, 0.05) is 23.4 Å². The molecule has 1 unspecified atom stereocenters. The largest absolute Gasteiger partial charge is 0.495 e. The molecular weight excluding hydrogens is 441 g/mol. The molecule has 6 nitrogen and oxygen atoms in total. The molecule has 1 atom stereocenters. The summed E-state index contributed by atoms with van der Waals surface area (Å²) in [7, 11) is 1.53. The Hall–Kier alpha value is -3.36. The van der Waals surface area contributed by atoms with Gasteiger partial charge in [-0.25, -0.2) is 4.39 Å². The normalized spacial score (nSPS) is 11.5. The molecule has 3 aromatic carbocycles.